The largest absolute Gasteiger partial charge is 0.481 e. The average molecular weight is 370 g/mol. The number of carboxylic acids is 1. The van der Waals surface area contributed by atoms with Gasteiger partial charge >= 0.3 is 5.97 Å². The monoisotopic (exact) mass is 370 g/mol. The van der Waals surface area contributed by atoms with Crippen LogP contribution in [0.3, 0.4) is 0 Å². The van der Waals surface area contributed by atoms with E-state index in [4.69, 9.17) is 14.9 Å². The molecule has 6 heteroatoms. The number of rotatable bonds is 13. The SMILES string of the molecule is CC(O)CCCC(O)C=CC1C2CC(OO2)C1CCCCCCC(=O)O. The Morgan fingerprint density at radius 2 is 1.81 bits per heavy atom. The van der Waals surface area contributed by atoms with E-state index in [1.54, 1.807) is 6.92 Å². The Kier molecular flexibility index (Phi) is 9.05. The van der Waals surface area contributed by atoms with E-state index in [0.29, 0.717) is 18.8 Å². The molecule has 26 heavy (non-hydrogen) atoms. The van der Waals surface area contributed by atoms with Crippen molar-refractivity contribution < 1.29 is 29.9 Å². The molecule has 0 amide bonds. The molecular formula is C20H34O6. The van der Waals surface area contributed by atoms with E-state index in [1.165, 1.54) is 0 Å². The Bertz CT molecular complexity index is 450. The van der Waals surface area contributed by atoms with Crippen LogP contribution >= 0.6 is 0 Å². The molecule has 150 valence electrons. The first-order valence-electron chi connectivity index (χ1n) is 10.1. The van der Waals surface area contributed by atoms with E-state index >= 15 is 0 Å². The number of aliphatic carboxylic acids is 1. The van der Waals surface area contributed by atoms with Crippen molar-refractivity contribution in [2.75, 3.05) is 0 Å². The van der Waals surface area contributed by atoms with Gasteiger partial charge in [-0.15, -0.1) is 0 Å². The van der Waals surface area contributed by atoms with Crippen molar-refractivity contribution in [2.45, 2.75) is 95.5 Å². The molecule has 2 bridgehead atoms. The molecule has 1 aliphatic heterocycles. The van der Waals surface area contributed by atoms with Crippen LogP contribution in [0.2, 0.25) is 0 Å². The molecule has 2 rings (SSSR count). The second-order valence-corrected chi connectivity index (χ2v) is 7.83. The summed E-state index contributed by atoms with van der Waals surface area (Å²) in [7, 11) is 0. The van der Waals surface area contributed by atoms with Gasteiger partial charge in [-0.3, -0.25) is 4.79 Å². The summed E-state index contributed by atoms with van der Waals surface area (Å²) in [6, 6.07) is 0. The molecule has 0 aromatic rings. The maximum Gasteiger partial charge on any atom is 0.303 e. The van der Waals surface area contributed by atoms with Gasteiger partial charge in [-0.25, -0.2) is 9.78 Å². The van der Waals surface area contributed by atoms with E-state index in [0.717, 1.165) is 44.9 Å². The highest BCUT2D eigenvalue weighted by atomic mass is 17.2. The molecule has 1 aliphatic carbocycles. The van der Waals surface area contributed by atoms with Crippen LogP contribution in [0.15, 0.2) is 12.2 Å². The van der Waals surface area contributed by atoms with Gasteiger partial charge in [0.1, 0.15) is 6.10 Å². The quantitative estimate of drug-likeness (QED) is 0.262. The number of unbranched alkanes of at least 4 members (excludes halogenated alkanes) is 3. The van der Waals surface area contributed by atoms with E-state index in [9.17, 15) is 15.0 Å². The highest BCUT2D eigenvalue weighted by molar-refractivity contribution is 5.66. The number of aliphatic hydroxyl groups excluding tert-OH is 2. The maximum atomic E-state index is 10.5. The topological polar surface area (TPSA) is 96.2 Å². The molecule has 6 unspecified atom stereocenters. The molecule has 1 saturated carbocycles. The van der Waals surface area contributed by atoms with Gasteiger partial charge in [-0.1, -0.05) is 31.4 Å². The molecule has 0 spiro atoms. The lowest BCUT2D eigenvalue weighted by molar-refractivity contribution is -0.337. The molecule has 6 nitrogen and oxygen atoms in total. The van der Waals surface area contributed by atoms with Crippen LogP contribution in [-0.2, 0) is 14.6 Å². The van der Waals surface area contributed by atoms with E-state index < -0.39 is 12.1 Å². The van der Waals surface area contributed by atoms with Crippen LogP contribution < -0.4 is 0 Å². The van der Waals surface area contributed by atoms with Crippen LogP contribution in [0.5, 0.6) is 0 Å². The zero-order valence-electron chi connectivity index (χ0n) is 15.8. The van der Waals surface area contributed by atoms with Crippen molar-refractivity contribution in [3.8, 4) is 0 Å². The van der Waals surface area contributed by atoms with Crippen molar-refractivity contribution in [2.24, 2.45) is 11.8 Å². The van der Waals surface area contributed by atoms with Gasteiger partial charge in [-0.05, 0) is 44.9 Å². The summed E-state index contributed by atoms with van der Waals surface area (Å²) < 4.78 is 0. The van der Waals surface area contributed by atoms with E-state index in [2.05, 4.69) is 6.08 Å². The number of hydrogen-bond donors (Lipinski definition) is 3. The van der Waals surface area contributed by atoms with Gasteiger partial charge in [0.05, 0.1) is 18.3 Å². The predicted octanol–water partition coefficient (Wildman–Crippen LogP) is 3.21. The number of aliphatic hydroxyl groups is 2. The van der Waals surface area contributed by atoms with Crippen molar-refractivity contribution in [1.82, 2.24) is 0 Å². The van der Waals surface area contributed by atoms with Gasteiger partial charge in [0.25, 0.3) is 0 Å². The normalized spacial score (nSPS) is 30.1. The molecule has 6 atom stereocenters. The summed E-state index contributed by atoms with van der Waals surface area (Å²) in [6.07, 6.45) is 11.6. The highest BCUT2D eigenvalue weighted by Gasteiger charge is 2.49. The highest BCUT2D eigenvalue weighted by Crippen LogP contribution is 2.45. The second-order valence-electron chi connectivity index (χ2n) is 7.83. The lowest BCUT2D eigenvalue weighted by atomic mass is 9.87. The van der Waals surface area contributed by atoms with Crippen LogP contribution in [0, 0.1) is 11.8 Å². The van der Waals surface area contributed by atoms with Gasteiger partial charge in [0.15, 0.2) is 0 Å². The summed E-state index contributed by atoms with van der Waals surface area (Å²) in [6.45, 7) is 1.76. The summed E-state index contributed by atoms with van der Waals surface area (Å²) >= 11 is 0. The molecule has 3 N–H and O–H groups in total. The minimum Gasteiger partial charge on any atom is -0.481 e. The third-order valence-electron chi connectivity index (χ3n) is 5.52. The first-order chi connectivity index (χ1) is 12.5. The van der Waals surface area contributed by atoms with Crippen LogP contribution in [0.1, 0.15) is 71.1 Å². The van der Waals surface area contributed by atoms with Gasteiger partial charge in [0.2, 0.25) is 0 Å². The Balaban J connectivity index is 1.71. The number of carboxylic acid groups (broad SMARTS) is 1. The van der Waals surface area contributed by atoms with Crippen molar-refractivity contribution in [3.05, 3.63) is 12.2 Å². The van der Waals surface area contributed by atoms with Crippen LogP contribution in [0.4, 0.5) is 0 Å². The second kappa shape index (κ2) is 11.0. The standard InChI is InChI=1S/C20H34O6/c1-14(21)7-6-8-15(22)11-12-17-16(18-13-19(17)26-25-18)9-4-2-3-5-10-20(23)24/h11-12,14-19,21-22H,2-10,13H2,1H3,(H,23,24). The molecule has 0 aromatic carbocycles. The lowest BCUT2D eigenvalue weighted by Gasteiger charge is -2.28. The van der Waals surface area contributed by atoms with Gasteiger partial charge in [0, 0.05) is 18.8 Å². The molecular weight excluding hydrogens is 336 g/mol. The van der Waals surface area contributed by atoms with E-state index in [-0.39, 0.29) is 30.7 Å². The fourth-order valence-electron chi connectivity index (χ4n) is 4.07. The number of carbonyl (C=O) groups is 1. The Morgan fingerprint density at radius 1 is 1.08 bits per heavy atom. The Hall–Kier alpha value is -0.950. The lowest BCUT2D eigenvalue weighted by Crippen LogP contribution is -2.29. The number of hydrogen-bond acceptors (Lipinski definition) is 5. The third-order valence-corrected chi connectivity index (χ3v) is 5.52. The first kappa shape index (κ1) is 21.4. The third kappa shape index (κ3) is 6.99. The fourth-order valence-corrected chi connectivity index (χ4v) is 4.07. The summed E-state index contributed by atoms with van der Waals surface area (Å²) in [5.74, 6) is -0.0332. The van der Waals surface area contributed by atoms with Crippen molar-refractivity contribution in [3.63, 3.8) is 0 Å². The summed E-state index contributed by atoms with van der Waals surface area (Å²) in [4.78, 5) is 21.3. The predicted molar refractivity (Wildman–Crippen MR) is 97.4 cm³/mol. The zero-order valence-corrected chi connectivity index (χ0v) is 15.8. The molecule has 1 heterocycles. The summed E-state index contributed by atoms with van der Waals surface area (Å²) in [5.41, 5.74) is 0. The Labute approximate surface area is 156 Å². The van der Waals surface area contributed by atoms with Crippen LogP contribution in [0.25, 0.3) is 0 Å². The first-order valence-corrected chi connectivity index (χ1v) is 10.1. The smallest absolute Gasteiger partial charge is 0.303 e. The van der Waals surface area contributed by atoms with Crippen LogP contribution in [-0.4, -0.2) is 45.7 Å². The molecule has 0 radical (unpaired) electrons. The minimum absolute atomic E-state index is 0.0814. The number of fused-ring (bicyclic) bond motifs is 2. The molecule has 2 fully saturated rings. The Morgan fingerprint density at radius 3 is 2.54 bits per heavy atom. The van der Waals surface area contributed by atoms with E-state index in [1.807, 2.05) is 6.08 Å². The van der Waals surface area contributed by atoms with Gasteiger partial charge in [-0.2, -0.15) is 0 Å². The average Bonchev–Trinajstić information content (AvgIpc) is 3.17. The molecule has 2 aliphatic rings. The fraction of sp³-hybridized carbons (Fsp3) is 0.850. The van der Waals surface area contributed by atoms with Crippen molar-refractivity contribution >= 4 is 5.97 Å². The van der Waals surface area contributed by atoms with Crippen molar-refractivity contribution in [1.29, 1.82) is 0 Å². The van der Waals surface area contributed by atoms with Gasteiger partial charge < -0.3 is 15.3 Å². The zero-order chi connectivity index (χ0) is 18.9. The maximum absolute atomic E-state index is 10.5. The minimum atomic E-state index is -0.721. The molecule has 1 saturated heterocycles. The molecule has 0 aromatic heterocycles. The summed E-state index contributed by atoms with van der Waals surface area (Å²) in [5, 5.41) is 28.0.